The van der Waals surface area contributed by atoms with E-state index in [4.69, 9.17) is 14.9 Å². The summed E-state index contributed by atoms with van der Waals surface area (Å²) in [5, 5.41) is 27.2. The van der Waals surface area contributed by atoms with Crippen LogP contribution in [-0.2, 0) is 17.8 Å². The van der Waals surface area contributed by atoms with Crippen LogP contribution in [0.1, 0.15) is 58.1 Å². The number of hydrogen-bond donors (Lipinski definition) is 3. The molecule has 8 heteroatoms. The summed E-state index contributed by atoms with van der Waals surface area (Å²) < 4.78 is 5.10. The van der Waals surface area contributed by atoms with Gasteiger partial charge < -0.3 is 20.1 Å². The molecule has 0 saturated heterocycles. The minimum Gasteiger partial charge on any atom is -0.478 e. The molecular weight excluding hydrogens is 488 g/mol. The van der Waals surface area contributed by atoms with Gasteiger partial charge in [0, 0.05) is 0 Å². The molecule has 3 N–H and O–H groups in total. The first-order chi connectivity index (χ1) is 18.3. The number of carbonyl (C=O) groups is 4. The highest BCUT2D eigenvalue weighted by Crippen LogP contribution is 2.19. The van der Waals surface area contributed by atoms with Gasteiger partial charge in [0.25, 0.3) is 0 Å². The fourth-order valence-electron chi connectivity index (χ4n) is 3.64. The summed E-state index contributed by atoms with van der Waals surface area (Å²) in [6.07, 6.45) is 0.392. The lowest BCUT2D eigenvalue weighted by Crippen LogP contribution is -2.11. The molecule has 0 fully saturated rings. The summed E-state index contributed by atoms with van der Waals surface area (Å²) in [4.78, 5) is 45.2. The number of ether oxygens (including phenoxy) is 1. The van der Waals surface area contributed by atoms with Gasteiger partial charge in [0.15, 0.2) is 0 Å². The molecule has 0 aromatic heterocycles. The Labute approximate surface area is 218 Å². The lowest BCUT2D eigenvalue weighted by atomic mass is 9.96. The Morgan fingerprint density at radius 2 is 1.03 bits per heavy atom. The van der Waals surface area contributed by atoms with Crippen LogP contribution in [0, 0.1) is 0 Å². The van der Waals surface area contributed by atoms with Crippen molar-refractivity contribution in [2.45, 2.75) is 13.0 Å². The second kappa shape index (κ2) is 13.2. The zero-order chi connectivity index (χ0) is 27.5. The molecule has 0 bridgehead atoms. The molecule has 8 nitrogen and oxygen atoms in total. The SMILES string of the molecule is O=C(O)c1cccc(Cc2ccccc2)c1C(=O)O.O=C(O)c1ccccc1C(=O)OCc1ccccc1. The van der Waals surface area contributed by atoms with Crippen LogP contribution in [-0.4, -0.2) is 39.2 Å². The van der Waals surface area contributed by atoms with Crippen LogP contribution in [0.5, 0.6) is 0 Å². The quantitative estimate of drug-likeness (QED) is 0.266. The van der Waals surface area contributed by atoms with E-state index in [0.717, 1.165) is 11.1 Å². The van der Waals surface area contributed by atoms with E-state index in [-0.39, 0.29) is 28.9 Å². The molecule has 0 aliphatic carbocycles. The van der Waals surface area contributed by atoms with Crippen LogP contribution in [0.3, 0.4) is 0 Å². The smallest absolute Gasteiger partial charge is 0.339 e. The number of carbonyl (C=O) groups excluding carboxylic acids is 1. The molecule has 4 rings (SSSR count). The molecular formula is C30H24O8. The molecule has 0 aliphatic heterocycles. The number of carboxylic acid groups (broad SMARTS) is 3. The molecule has 0 heterocycles. The van der Waals surface area contributed by atoms with Gasteiger partial charge in [0.1, 0.15) is 6.61 Å². The molecule has 38 heavy (non-hydrogen) atoms. The third-order valence-corrected chi connectivity index (χ3v) is 5.42. The monoisotopic (exact) mass is 512 g/mol. The summed E-state index contributed by atoms with van der Waals surface area (Å²) in [7, 11) is 0. The van der Waals surface area contributed by atoms with Crippen molar-refractivity contribution in [2.24, 2.45) is 0 Å². The van der Waals surface area contributed by atoms with E-state index in [1.165, 1.54) is 18.2 Å². The van der Waals surface area contributed by atoms with Crippen molar-refractivity contribution in [1.29, 1.82) is 0 Å². The Balaban J connectivity index is 0.000000211. The van der Waals surface area contributed by atoms with Gasteiger partial charge in [-0.1, -0.05) is 84.9 Å². The van der Waals surface area contributed by atoms with Crippen LogP contribution in [0.25, 0.3) is 0 Å². The Bertz CT molecular complexity index is 1430. The molecule has 0 saturated carbocycles. The van der Waals surface area contributed by atoms with Crippen LogP contribution >= 0.6 is 0 Å². The summed E-state index contributed by atoms with van der Waals surface area (Å²) in [5.74, 6) is -4.23. The van der Waals surface area contributed by atoms with Gasteiger partial charge in [-0.3, -0.25) is 0 Å². The van der Waals surface area contributed by atoms with Crippen molar-refractivity contribution in [3.63, 3.8) is 0 Å². The maximum Gasteiger partial charge on any atom is 0.339 e. The van der Waals surface area contributed by atoms with Crippen LogP contribution in [0.2, 0.25) is 0 Å². The predicted octanol–water partition coefficient (Wildman–Crippen LogP) is 5.42. The van der Waals surface area contributed by atoms with Crippen molar-refractivity contribution in [1.82, 2.24) is 0 Å². The second-order valence-electron chi connectivity index (χ2n) is 8.02. The van der Waals surface area contributed by atoms with Gasteiger partial charge in [0.05, 0.1) is 22.3 Å². The Hall–Kier alpha value is -5.24. The Morgan fingerprint density at radius 1 is 0.526 bits per heavy atom. The van der Waals surface area contributed by atoms with Crippen molar-refractivity contribution in [3.8, 4) is 0 Å². The third-order valence-electron chi connectivity index (χ3n) is 5.42. The van der Waals surface area contributed by atoms with Crippen LogP contribution in [0.4, 0.5) is 0 Å². The first-order valence-electron chi connectivity index (χ1n) is 11.4. The van der Waals surface area contributed by atoms with Gasteiger partial charge in [0.2, 0.25) is 0 Å². The van der Waals surface area contributed by atoms with E-state index in [2.05, 4.69) is 0 Å². The summed E-state index contributed by atoms with van der Waals surface area (Å²) in [6, 6.07) is 29.0. The molecule has 192 valence electrons. The van der Waals surface area contributed by atoms with Gasteiger partial charge >= 0.3 is 23.9 Å². The molecule has 0 radical (unpaired) electrons. The maximum atomic E-state index is 11.9. The molecule has 0 amide bonds. The summed E-state index contributed by atoms with van der Waals surface area (Å²) in [6.45, 7) is 0.119. The van der Waals surface area contributed by atoms with Gasteiger partial charge in [-0.15, -0.1) is 0 Å². The first kappa shape index (κ1) is 27.3. The number of hydrogen-bond acceptors (Lipinski definition) is 5. The molecule has 0 unspecified atom stereocenters. The highest BCUT2D eigenvalue weighted by Gasteiger charge is 2.20. The fourth-order valence-corrected chi connectivity index (χ4v) is 3.64. The number of esters is 1. The molecule has 0 spiro atoms. The minimum absolute atomic E-state index is 0.0550. The van der Waals surface area contributed by atoms with E-state index in [0.29, 0.717) is 12.0 Å². The van der Waals surface area contributed by atoms with Crippen molar-refractivity contribution in [2.75, 3.05) is 0 Å². The summed E-state index contributed by atoms with van der Waals surface area (Å²) >= 11 is 0. The number of benzene rings is 4. The lowest BCUT2D eigenvalue weighted by molar-refractivity contribution is 0.0463. The largest absolute Gasteiger partial charge is 0.478 e. The number of carboxylic acids is 3. The molecule has 4 aromatic carbocycles. The Morgan fingerprint density at radius 3 is 1.58 bits per heavy atom. The maximum absolute atomic E-state index is 11.9. The topological polar surface area (TPSA) is 138 Å². The molecule has 4 aromatic rings. The van der Waals surface area contributed by atoms with Gasteiger partial charge in [-0.25, -0.2) is 19.2 Å². The fraction of sp³-hybridized carbons (Fsp3) is 0.0667. The van der Waals surface area contributed by atoms with Crippen molar-refractivity contribution in [3.05, 3.63) is 142 Å². The van der Waals surface area contributed by atoms with E-state index < -0.39 is 23.9 Å². The molecule has 0 aliphatic rings. The lowest BCUT2D eigenvalue weighted by Gasteiger charge is -2.09. The predicted molar refractivity (Wildman–Crippen MR) is 139 cm³/mol. The van der Waals surface area contributed by atoms with E-state index in [1.807, 2.05) is 60.7 Å². The van der Waals surface area contributed by atoms with Crippen LogP contribution in [0.15, 0.2) is 103 Å². The van der Waals surface area contributed by atoms with Crippen molar-refractivity contribution < 1.29 is 39.2 Å². The third kappa shape index (κ3) is 7.38. The Kier molecular flexibility index (Phi) is 9.48. The van der Waals surface area contributed by atoms with E-state index in [9.17, 15) is 24.3 Å². The standard InChI is InChI=1S/2C15H12O4/c16-14(17)12-8-4-5-9-13(12)15(18)19-10-11-6-2-1-3-7-11;16-14(17)12-8-4-7-11(13(12)15(18)19)9-10-5-2-1-3-6-10/h1-9H,10H2,(H,16,17);1-8H,9H2,(H,16,17)(H,18,19). The van der Waals surface area contributed by atoms with Crippen molar-refractivity contribution >= 4 is 23.9 Å². The highest BCUT2D eigenvalue weighted by molar-refractivity contribution is 6.03. The normalized spacial score (nSPS) is 10.0. The number of aromatic carboxylic acids is 3. The minimum atomic E-state index is -1.23. The van der Waals surface area contributed by atoms with E-state index >= 15 is 0 Å². The van der Waals surface area contributed by atoms with Crippen LogP contribution < -0.4 is 0 Å². The summed E-state index contributed by atoms with van der Waals surface area (Å²) in [5.41, 5.74) is 1.97. The zero-order valence-corrected chi connectivity index (χ0v) is 20.1. The van der Waals surface area contributed by atoms with Gasteiger partial charge in [-0.2, -0.15) is 0 Å². The second-order valence-corrected chi connectivity index (χ2v) is 8.02. The zero-order valence-electron chi connectivity index (χ0n) is 20.1. The number of rotatable bonds is 8. The average molecular weight is 513 g/mol. The van der Waals surface area contributed by atoms with E-state index in [1.54, 1.807) is 24.3 Å². The van der Waals surface area contributed by atoms with Gasteiger partial charge in [-0.05, 0) is 41.3 Å². The molecule has 0 atom stereocenters. The highest BCUT2D eigenvalue weighted by atomic mass is 16.5. The average Bonchev–Trinajstić information content (AvgIpc) is 2.93. The first-order valence-corrected chi connectivity index (χ1v) is 11.4.